The molecule has 2 aromatic carbocycles. The number of anilines is 1. The fraction of sp³-hybridized carbons (Fsp3) is 0.406. The van der Waals surface area contributed by atoms with Gasteiger partial charge in [-0.1, -0.05) is 36.7 Å². The van der Waals surface area contributed by atoms with E-state index < -0.39 is 12.1 Å². The molecule has 0 radical (unpaired) electrons. The molecule has 9 nitrogen and oxygen atoms in total. The molecule has 2 aromatic heterocycles. The molecule has 2 aliphatic rings. The van der Waals surface area contributed by atoms with Gasteiger partial charge in [0.15, 0.2) is 11.3 Å². The first-order valence-electron chi connectivity index (χ1n) is 14.7. The topological polar surface area (TPSA) is 104 Å². The van der Waals surface area contributed by atoms with Crippen LogP contribution in [0, 0.1) is 5.82 Å². The first kappa shape index (κ1) is 29.3. The molecule has 0 aliphatic carbocycles. The van der Waals surface area contributed by atoms with Gasteiger partial charge in [-0.05, 0) is 74.2 Å². The number of fused-ring (bicyclic) bond motifs is 2. The Kier molecular flexibility index (Phi) is 8.26. The van der Waals surface area contributed by atoms with Gasteiger partial charge in [0.25, 0.3) is 0 Å². The monoisotopic (exact) mass is 607 g/mol. The lowest BCUT2D eigenvalue weighted by atomic mass is 9.87. The largest absolute Gasteiger partial charge is 0.489 e. The molecule has 11 heteroatoms. The second-order valence-corrected chi connectivity index (χ2v) is 11.8. The number of piperidine rings is 1. The molecular weight excluding hydrogens is 573 g/mol. The SMILES string of the molecule is CCC(O)Cn1c(CN2CCC(c3cccc4c3N(C)[C@@H](c3ccc(Cl)cc3F)CO4)CC2)nc2ccc(C(=O)O)nc21. The van der Waals surface area contributed by atoms with Crippen molar-refractivity contribution in [2.75, 3.05) is 31.6 Å². The Morgan fingerprint density at radius 3 is 2.65 bits per heavy atom. The lowest BCUT2D eigenvalue weighted by Crippen LogP contribution is -2.37. The Hall–Kier alpha value is -3.73. The molecular formula is C32H35ClFN5O4. The molecule has 0 saturated carbocycles. The number of ether oxygens (including phenoxy) is 1. The minimum absolute atomic E-state index is 0.0480. The Bertz CT molecular complexity index is 1650. The maximum Gasteiger partial charge on any atom is 0.354 e. The predicted molar refractivity (Wildman–Crippen MR) is 163 cm³/mol. The number of imidazole rings is 1. The third-order valence-electron chi connectivity index (χ3n) is 8.72. The average Bonchev–Trinajstić information content (AvgIpc) is 3.33. The molecule has 43 heavy (non-hydrogen) atoms. The highest BCUT2D eigenvalue weighted by atomic mass is 35.5. The number of carboxylic acid groups (broad SMARTS) is 1. The third-order valence-corrected chi connectivity index (χ3v) is 8.95. The normalized spacial score (nSPS) is 18.4. The van der Waals surface area contributed by atoms with Crippen molar-refractivity contribution in [1.82, 2.24) is 19.4 Å². The number of benzene rings is 2. The van der Waals surface area contributed by atoms with Gasteiger partial charge in [-0.2, -0.15) is 0 Å². The lowest BCUT2D eigenvalue weighted by Gasteiger charge is -2.40. The number of hydrogen-bond acceptors (Lipinski definition) is 7. The lowest BCUT2D eigenvalue weighted by molar-refractivity contribution is 0.0691. The first-order chi connectivity index (χ1) is 20.7. The van der Waals surface area contributed by atoms with Crippen LogP contribution in [0.4, 0.5) is 10.1 Å². The molecule has 2 aliphatic heterocycles. The van der Waals surface area contributed by atoms with E-state index in [2.05, 4.69) is 20.9 Å². The van der Waals surface area contributed by atoms with Crippen molar-refractivity contribution in [3.05, 3.63) is 82.0 Å². The van der Waals surface area contributed by atoms with Crippen LogP contribution < -0.4 is 9.64 Å². The number of halogens is 2. The van der Waals surface area contributed by atoms with Gasteiger partial charge in [0.2, 0.25) is 0 Å². The van der Waals surface area contributed by atoms with Crippen LogP contribution in [0.5, 0.6) is 5.75 Å². The van der Waals surface area contributed by atoms with E-state index in [1.807, 2.05) is 30.7 Å². The summed E-state index contributed by atoms with van der Waals surface area (Å²) in [4.78, 5) is 25.1. The number of nitrogens with zero attached hydrogens (tertiary/aromatic N) is 5. The fourth-order valence-electron chi connectivity index (χ4n) is 6.29. The fourth-order valence-corrected chi connectivity index (χ4v) is 6.45. The van der Waals surface area contributed by atoms with Crippen molar-refractivity contribution in [2.24, 2.45) is 0 Å². The van der Waals surface area contributed by atoms with E-state index >= 15 is 0 Å². The number of aliphatic hydroxyl groups is 1. The molecule has 4 heterocycles. The number of aromatic nitrogens is 3. The van der Waals surface area contributed by atoms with Crippen LogP contribution in [0.3, 0.4) is 0 Å². The number of likely N-dealkylation sites (tertiary alicyclic amines) is 1. The highest BCUT2D eigenvalue weighted by Crippen LogP contribution is 2.46. The zero-order valence-corrected chi connectivity index (χ0v) is 25.0. The van der Waals surface area contributed by atoms with E-state index in [1.165, 1.54) is 17.7 Å². The van der Waals surface area contributed by atoms with Gasteiger partial charge in [-0.15, -0.1) is 0 Å². The Morgan fingerprint density at radius 2 is 1.93 bits per heavy atom. The maximum absolute atomic E-state index is 14.9. The van der Waals surface area contributed by atoms with Crippen molar-refractivity contribution in [1.29, 1.82) is 0 Å². The number of rotatable bonds is 8. The summed E-state index contributed by atoms with van der Waals surface area (Å²) >= 11 is 6.01. The van der Waals surface area contributed by atoms with Crippen LogP contribution in [0.25, 0.3) is 11.2 Å². The third kappa shape index (κ3) is 5.79. The molecule has 6 rings (SSSR count). The summed E-state index contributed by atoms with van der Waals surface area (Å²) in [6.07, 6.45) is 1.81. The van der Waals surface area contributed by atoms with Gasteiger partial charge in [-0.25, -0.2) is 19.2 Å². The predicted octanol–water partition coefficient (Wildman–Crippen LogP) is 5.64. The molecule has 0 spiro atoms. The number of aromatic carboxylic acids is 1. The molecule has 2 N–H and O–H groups in total. The van der Waals surface area contributed by atoms with Gasteiger partial charge in [0.05, 0.1) is 30.9 Å². The average molecular weight is 608 g/mol. The Morgan fingerprint density at radius 1 is 1.14 bits per heavy atom. The Balaban J connectivity index is 1.21. The molecule has 0 amide bonds. The van der Waals surface area contributed by atoms with Crippen molar-refractivity contribution < 1.29 is 24.1 Å². The van der Waals surface area contributed by atoms with Crippen LogP contribution >= 0.6 is 11.6 Å². The van der Waals surface area contributed by atoms with Crippen LogP contribution in [-0.2, 0) is 13.1 Å². The smallest absolute Gasteiger partial charge is 0.354 e. The Labute approximate surface area is 254 Å². The van der Waals surface area contributed by atoms with E-state index in [0.717, 1.165) is 43.2 Å². The molecule has 0 bridgehead atoms. The standard InChI is InChI=1S/C32H35ClFN5O4/c1-3-21(40)16-39-29(35-25-9-10-26(32(41)42)36-31(25)39)17-38-13-11-19(12-14-38)22-5-4-6-28-30(22)37(2)27(18-43-28)23-8-7-20(33)15-24(23)34/h4-10,15,19,21,27,40H,3,11-14,16-18H2,1-2H3,(H,41,42)/t21?,27-/m1/s1. The minimum atomic E-state index is -1.10. The quantitative estimate of drug-likeness (QED) is 0.265. The number of carboxylic acids is 1. The van der Waals surface area contributed by atoms with Crippen molar-refractivity contribution in [3.8, 4) is 5.75 Å². The number of para-hydroxylation sites is 1. The van der Waals surface area contributed by atoms with Crippen LogP contribution in [0.1, 0.15) is 65.6 Å². The van der Waals surface area contributed by atoms with Gasteiger partial charge < -0.3 is 24.4 Å². The van der Waals surface area contributed by atoms with Crippen molar-refractivity contribution in [2.45, 2.75) is 57.3 Å². The van der Waals surface area contributed by atoms with Crippen LogP contribution in [0.2, 0.25) is 5.02 Å². The van der Waals surface area contributed by atoms with E-state index in [1.54, 1.807) is 18.2 Å². The van der Waals surface area contributed by atoms with Gasteiger partial charge >= 0.3 is 5.97 Å². The van der Waals surface area contributed by atoms with E-state index in [0.29, 0.717) is 53.8 Å². The molecule has 1 saturated heterocycles. The van der Waals surface area contributed by atoms with Gasteiger partial charge in [0.1, 0.15) is 29.5 Å². The first-order valence-corrected chi connectivity index (χ1v) is 15.0. The number of pyridine rings is 1. The van der Waals surface area contributed by atoms with E-state index in [-0.39, 0.29) is 17.6 Å². The molecule has 1 fully saturated rings. The number of likely N-dealkylation sites (N-methyl/N-ethyl adjacent to an activating group) is 1. The maximum atomic E-state index is 14.9. The highest BCUT2D eigenvalue weighted by molar-refractivity contribution is 6.30. The van der Waals surface area contributed by atoms with Crippen molar-refractivity contribution in [3.63, 3.8) is 0 Å². The zero-order chi connectivity index (χ0) is 30.2. The summed E-state index contributed by atoms with van der Waals surface area (Å²) in [6.45, 7) is 4.79. The summed E-state index contributed by atoms with van der Waals surface area (Å²) in [6, 6.07) is 13.8. The molecule has 4 aromatic rings. The van der Waals surface area contributed by atoms with Crippen LogP contribution in [-0.4, -0.2) is 68.5 Å². The summed E-state index contributed by atoms with van der Waals surface area (Å²) in [5.74, 6) is 0.428. The van der Waals surface area contributed by atoms with Crippen LogP contribution in [0.15, 0.2) is 48.5 Å². The zero-order valence-electron chi connectivity index (χ0n) is 24.2. The second kappa shape index (κ2) is 12.1. The summed E-state index contributed by atoms with van der Waals surface area (Å²) in [5, 5.41) is 20.3. The van der Waals surface area contributed by atoms with Crippen molar-refractivity contribution >= 4 is 34.4 Å². The number of carbonyl (C=O) groups is 1. The number of hydrogen-bond donors (Lipinski definition) is 2. The number of aliphatic hydroxyl groups excluding tert-OH is 1. The summed E-state index contributed by atoms with van der Waals surface area (Å²) in [5.41, 5.74) is 3.80. The van der Waals surface area contributed by atoms with Gasteiger partial charge in [-0.3, -0.25) is 4.90 Å². The second-order valence-electron chi connectivity index (χ2n) is 11.4. The van der Waals surface area contributed by atoms with Gasteiger partial charge in [0, 0.05) is 17.6 Å². The van der Waals surface area contributed by atoms with E-state index in [9.17, 15) is 19.4 Å². The minimum Gasteiger partial charge on any atom is -0.489 e. The molecule has 226 valence electrons. The highest BCUT2D eigenvalue weighted by Gasteiger charge is 2.33. The molecule has 1 unspecified atom stereocenters. The summed E-state index contributed by atoms with van der Waals surface area (Å²) < 4.78 is 22.9. The summed E-state index contributed by atoms with van der Waals surface area (Å²) in [7, 11) is 2.00. The molecule has 2 atom stereocenters. The van der Waals surface area contributed by atoms with E-state index in [4.69, 9.17) is 21.3 Å².